The Kier molecular flexibility index (Phi) is 4.90. The maximum atomic E-state index is 5.75. The monoisotopic (exact) mass is 198 g/mol. The first-order valence-electron chi connectivity index (χ1n) is 6.11. The van der Waals surface area contributed by atoms with Gasteiger partial charge in [-0.2, -0.15) is 0 Å². The van der Waals surface area contributed by atoms with Crippen LogP contribution in [0, 0.1) is 11.8 Å². The molecule has 0 saturated heterocycles. The van der Waals surface area contributed by atoms with Crippen molar-refractivity contribution in [3.05, 3.63) is 0 Å². The first kappa shape index (κ1) is 12.0. The van der Waals surface area contributed by atoms with Crippen LogP contribution in [0.1, 0.15) is 40.0 Å². The Morgan fingerprint density at radius 2 is 2.00 bits per heavy atom. The fourth-order valence-corrected chi connectivity index (χ4v) is 1.83. The van der Waals surface area contributed by atoms with Gasteiger partial charge in [0.05, 0.1) is 0 Å². The van der Waals surface area contributed by atoms with Crippen LogP contribution in [0.25, 0.3) is 0 Å². The third-order valence-corrected chi connectivity index (χ3v) is 3.32. The van der Waals surface area contributed by atoms with Gasteiger partial charge in [-0.15, -0.1) is 0 Å². The van der Waals surface area contributed by atoms with E-state index >= 15 is 0 Å². The highest BCUT2D eigenvalue weighted by Gasteiger charge is 2.26. The molecule has 0 bridgehead atoms. The molecule has 1 unspecified atom stereocenters. The molecule has 2 heteroatoms. The third kappa shape index (κ3) is 3.97. The smallest absolute Gasteiger partial charge is 0.00388 e. The van der Waals surface area contributed by atoms with Crippen molar-refractivity contribution in [2.45, 2.75) is 46.1 Å². The molecule has 1 rings (SSSR count). The van der Waals surface area contributed by atoms with Gasteiger partial charge in [-0.25, -0.2) is 0 Å². The number of hydrogen-bond donors (Lipinski definition) is 1. The normalized spacial score (nSPS) is 19.3. The summed E-state index contributed by atoms with van der Waals surface area (Å²) >= 11 is 0. The molecule has 2 N–H and O–H groups in total. The Morgan fingerprint density at radius 3 is 2.36 bits per heavy atom. The van der Waals surface area contributed by atoms with E-state index < -0.39 is 0 Å². The van der Waals surface area contributed by atoms with Gasteiger partial charge in [0.2, 0.25) is 0 Å². The van der Waals surface area contributed by atoms with Gasteiger partial charge in [-0.1, -0.05) is 13.3 Å². The van der Waals surface area contributed by atoms with Crippen LogP contribution in [0.2, 0.25) is 0 Å². The van der Waals surface area contributed by atoms with Gasteiger partial charge in [0.15, 0.2) is 0 Å². The quantitative estimate of drug-likeness (QED) is 0.679. The van der Waals surface area contributed by atoms with E-state index in [1.807, 2.05) is 0 Å². The zero-order valence-corrected chi connectivity index (χ0v) is 10.00. The molecule has 0 aromatic heterocycles. The van der Waals surface area contributed by atoms with Crippen LogP contribution in [-0.4, -0.2) is 30.6 Å². The van der Waals surface area contributed by atoms with E-state index in [-0.39, 0.29) is 0 Å². The summed E-state index contributed by atoms with van der Waals surface area (Å²) in [5, 5.41) is 0. The van der Waals surface area contributed by atoms with Crippen LogP contribution < -0.4 is 5.73 Å². The van der Waals surface area contributed by atoms with E-state index in [1.54, 1.807) is 0 Å². The molecule has 0 amide bonds. The van der Waals surface area contributed by atoms with Gasteiger partial charge in [0.25, 0.3) is 0 Å². The Hall–Kier alpha value is -0.0800. The van der Waals surface area contributed by atoms with E-state index in [0.29, 0.717) is 12.0 Å². The molecule has 0 aliphatic heterocycles. The molecular weight excluding hydrogens is 172 g/mol. The molecule has 84 valence electrons. The zero-order chi connectivity index (χ0) is 10.6. The van der Waals surface area contributed by atoms with Gasteiger partial charge in [-0.05, 0) is 45.1 Å². The molecule has 0 aromatic rings. The molecule has 2 nitrogen and oxygen atoms in total. The lowest BCUT2D eigenvalue weighted by Crippen LogP contribution is -2.38. The first-order chi connectivity index (χ1) is 6.67. The van der Waals surface area contributed by atoms with E-state index in [0.717, 1.165) is 12.5 Å². The summed E-state index contributed by atoms with van der Waals surface area (Å²) in [6, 6.07) is 0.677. The summed E-state index contributed by atoms with van der Waals surface area (Å²) < 4.78 is 0. The molecule has 1 aliphatic carbocycles. The van der Waals surface area contributed by atoms with E-state index in [4.69, 9.17) is 5.73 Å². The van der Waals surface area contributed by atoms with Gasteiger partial charge in [0, 0.05) is 19.1 Å². The topological polar surface area (TPSA) is 29.3 Å². The summed E-state index contributed by atoms with van der Waals surface area (Å²) in [4.78, 5) is 2.61. The molecule has 1 fully saturated rings. The predicted octanol–water partition coefficient (Wildman–Crippen LogP) is 2.09. The second-order valence-electron chi connectivity index (χ2n) is 5.00. The Labute approximate surface area is 88.8 Å². The van der Waals surface area contributed by atoms with Crippen molar-refractivity contribution in [1.29, 1.82) is 0 Å². The first-order valence-corrected chi connectivity index (χ1v) is 6.11. The summed E-state index contributed by atoms with van der Waals surface area (Å²) in [7, 11) is 0. The van der Waals surface area contributed by atoms with Crippen LogP contribution in [0.5, 0.6) is 0 Å². The lowest BCUT2D eigenvalue weighted by atomic mass is 10.1. The summed E-state index contributed by atoms with van der Waals surface area (Å²) in [5.41, 5.74) is 5.75. The van der Waals surface area contributed by atoms with E-state index in [2.05, 4.69) is 25.7 Å². The molecule has 0 radical (unpaired) electrons. The van der Waals surface area contributed by atoms with Gasteiger partial charge < -0.3 is 10.6 Å². The van der Waals surface area contributed by atoms with Crippen molar-refractivity contribution in [3.8, 4) is 0 Å². The largest absolute Gasteiger partial charge is 0.330 e. The number of nitrogens with two attached hydrogens (primary N) is 1. The van der Waals surface area contributed by atoms with Gasteiger partial charge in [0.1, 0.15) is 0 Å². The van der Waals surface area contributed by atoms with Crippen molar-refractivity contribution < 1.29 is 0 Å². The number of rotatable bonds is 7. The van der Waals surface area contributed by atoms with Crippen LogP contribution in [0.4, 0.5) is 0 Å². The standard InChI is InChI=1S/C12H26N2/c1-4-11(7-13)8-14(10(2)3)9-12-5-6-12/h10-12H,4-9,13H2,1-3H3. The Balaban J connectivity index is 2.32. The average Bonchev–Trinajstić information content (AvgIpc) is 2.95. The molecule has 0 aromatic carbocycles. The predicted molar refractivity (Wildman–Crippen MR) is 62.3 cm³/mol. The molecule has 0 spiro atoms. The van der Waals surface area contributed by atoms with Crippen molar-refractivity contribution in [1.82, 2.24) is 4.90 Å². The van der Waals surface area contributed by atoms with Crippen LogP contribution in [0.15, 0.2) is 0 Å². The highest BCUT2D eigenvalue weighted by Crippen LogP contribution is 2.30. The van der Waals surface area contributed by atoms with E-state index in [1.165, 1.54) is 32.4 Å². The number of hydrogen-bond acceptors (Lipinski definition) is 2. The third-order valence-electron chi connectivity index (χ3n) is 3.32. The molecule has 1 aliphatic rings. The summed E-state index contributed by atoms with van der Waals surface area (Å²) in [6.07, 6.45) is 4.11. The molecule has 0 heterocycles. The fourth-order valence-electron chi connectivity index (χ4n) is 1.83. The average molecular weight is 198 g/mol. The molecule has 1 atom stereocenters. The van der Waals surface area contributed by atoms with E-state index in [9.17, 15) is 0 Å². The summed E-state index contributed by atoms with van der Waals surface area (Å²) in [6.45, 7) is 10.2. The maximum absolute atomic E-state index is 5.75. The second kappa shape index (κ2) is 5.72. The fraction of sp³-hybridized carbons (Fsp3) is 1.00. The minimum atomic E-state index is 0.677. The van der Waals surface area contributed by atoms with Crippen LogP contribution >= 0.6 is 0 Å². The minimum Gasteiger partial charge on any atom is -0.330 e. The minimum absolute atomic E-state index is 0.677. The zero-order valence-electron chi connectivity index (χ0n) is 10.00. The van der Waals surface area contributed by atoms with Gasteiger partial charge >= 0.3 is 0 Å². The lowest BCUT2D eigenvalue weighted by Gasteiger charge is -2.29. The van der Waals surface area contributed by atoms with Gasteiger partial charge in [-0.3, -0.25) is 0 Å². The highest BCUT2D eigenvalue weighted by atomic mass is 15.2. The Bertz CT molecular complexity index is 148. The maximum Gasteiger partial charge on any atom is 0.00388 e. The van der Waals surface area contributed by atoms with Crippen LogP contribution in [-0.2, 0) is 0 Å². The Morgan fingerprint density at radius 1 is 1.36 bits per heavy atom. The molecular formula is C12H26N2. The summed E-state index contributed by atoms with van der Waals surface area (Å²) in [5.74, 6) is 1.68. The lowest BCUT2D eigenvalue weighted by molar-refractivity contribution is 0.179. The molecule has 14 heavy (non-hydrogen) atoms. The highest BCUT2D eigenvalue weighted by molar-refractivity contribution is 4.80. The SMILES string of the molecule is CCC(CN)CN(CC1CC1)C(C)C. The second-order valence-corrected chi connectivity index (χ2v) is 5.00. The van der Waals surface area contributed by atoms with Crippen LogP contribution in [0.3, 0.4) is 0 Å². The number of nitrogens with zero attached hydrogens (tertiary/aromatic N) is 1. The van der Waals surface area contributed by atoms with Crippen molar-refractivity contribution in [3.63, 3.8) is 0 Å². The van der Waals surface area contributed by atoms with Crippen molar-refractivity contribution in [2.75, 3.05) is 19.6 Å². The molecule has 1 saturated carbocycles. The van der Waals surface area contributed by atoms with Crippen molar-refractivity contribution >= 4 is 0 Å². The van der Waals surface area contributed by atoms with Crippen molar-refractivity contribution in [2.24, 2.45) is 17.6 Å².